The van der Waals surface area contributed by atoms with Gasteiger partial charge in [-0.15, -0.1) is 0 Å². The number of nitrogens with one attached hydrogen (secondary N) is 2. The Morgan fingerprint density at radius 1 is 0.980 bits per heavy atom. The summed E-state index contributed by atoms with van der Waals surface area (Å²) in [6, 6.07) is 16.2. The van der Waals surface area contributed by atoms with Gasteiger partial charge in [-0.3, -0.25) is 33.2 Å². The molecule has 3 amide bonds. The van der Waals surface area contributed by atoms with Crippen LogP contribution in [0.1, 0.15) is 53.0 Å². The predicted molar refractivity (Wildman–Crippen MR) is 186 cm³/mol. The molecule has 0 saturated carbocycles. The Balaban J connectivity index is 1.27. The van der Waals surface area contributed by atoms with E-state index in [1.165, 1.54) is 46.9 Å². The van der Waals surface area contributed by atoms with E-state index in [1.54, 1.807) is 17.0 Å². The molecule has 50 heavy (non-hydrogen) atoms. The standard InChI is InChI=1S/C36H37FN8O5/c1-3-17-44-32-30(35(49)45(36(44)50)21-16-38-23(2)46)40-31(41-32)26-11-14-29(39-22-26)43(33(47)25-9-12-27(37)13-10-25)19-6-18-42-20-15-24-7-4-5-8-28(24)34(42)48/h4-5,7-14,22H,3,6,15-21H2,1-2H3,(H,38,46)(H,40,41). The third-order valence-corrected chi connectivity index (χ3v) is 8.65. The molecule has 2 aromatic carbocycles. The summed E-state index contributed by atoms with van der Waals surface area (Å²) >= 11 is 0. The number of hydrogen-bond donors (Lipinski definition) is 2. The Bertz CT molecular complexity index is 2170. The molecule has 0 aliphatic carbocycles. The lowest BCUT2D eigenvalue weighted by Gasteiger charge is -2.29. The molecule has 0 atom stereocenters. The normalized spacial score (nSPS) is 12.6. The highest BCUT2D eigenvalue weighted by atomic mass is 19.1. The topological polar surface area (TPSA) is 155 Å². The molecule has 1 aliphatic rings. The van der Waals surface area contributed by atoms with Crippen LogP contribution in [0.2, 0.25) is 0 Å². The van der Waals surface area contributed by atoms with Crippen LogP contribution in [0, 0.1) is 5.82 Å². The fraction of sp³-hybridized carbons (Fsp3) is 0.306. The van der Waals surface area contributed by atoms with Gasteiger partial charge in [0.05, 0.1) is 0 Å². The number of aromatic amines is 1. The molecule has 0 radical (unpaired) electrons. The van der Waals surface area contributed by atoms with Gasteiger partial charge in [0.2, 0.25) is 5.91 Å². The number of nitrogens with zero attached hydrogens (tertiary/aromatic N) is 6. The number of rotatable bonds is 12. The third-order valence-electron chi connectivity index (χ3n) is 8.65. The second-order valence-corrected chi connectivity index (χ2v) is 12.1. The Kier molecular flexibility index (Phi) is 9.97. The molecule has 0 bridgehead atoms. The monoisotopic (exact) mass is 680 g/mol. The molecular formula is C36H37FN8O5. The number of carbonyl (C=O) groups excluding carboxylic acids is 3. The first-order chi connectivity index (χ1) is 24.2. The van der Waals surface area contributed by atoms with Crippen LogP contribution < -0.4 is 21.5 Å². The van der Waals surface area contributed by atoms with Crippen LogP contribution in [-0.4, -0.2) is 72.9 Å². The predicted octanol–water partition coefficient (Wildman–Crippen LogP) is 3.37. The number of aryl methyl sites for hydroxylation is 1. The van der Waals surface area contributed by atoms with E-state index < -0.39 is 17.1 Å². The number of imidazole rings is 1. The van der Waals surface area contributed by atoms with Gasteiger partial charge >= 0.3 is 5.69 Å². The van der Waals surface area contributed by atoms with Gasteiger partial charge in [-0.1, -0.05) is 25.1 Å². The van der Waals surface area contributed by atoms with Gasteiger partial charge < -0.3 is 15.2 Å². The molecule has 2 N–H and O–H groups in total. The maximum atomic E-state index is 13.7. The number of halogens is 1. The Hall–Kier alpha value is -5.92. The van der Waals surface area contributed by atoms with E-state index in [4.69, 9.17) is 0 Å². The minimum absolute atomic E-state index is 0.00135. The number of carbonyl (C=O) groups is 3. The zero-order chi connectivity index (χ0) is 35.4. The lowest BCUT2D eigenvalue weighted by Crippen LogP contribution is -2.42. The van der Waals surface area contributed by atoms with E-state index in [0.717, 1.165) is 16.6 Å². The van der Waals surface area contributed by atoms with Crippen LogP contribution in [0.25, 0.3) is 22.6 Å². The average Bonchev–Trinajstić information content (AvgIpc) is 3.57. The number of benzene rings is 2. The van der Waals surface area contributed by atoms with Crippen molar-refractivity contribution < 1.29 is 18.8 Å². The highest BCUT2D eigenvalue weighted by molar-refractivity contribution is 6.05. The summed E-state index contributed by atoms with van der Waals surface area (Å²) in [4.78, 5) is 80.3. The smallest absolute Gasteiger partial charge is 0.332 e. The number of H-pyrrole nitrogens is 1. The van der Waals surface area contributed by atoms with E-state index in [0.29, 0.717) is 55.2 Å². The second kappa shape index (κ2) is 14.7. The Morgan fingerprint density at radius 3 is 2.48 bits per heavy atom. The number of anilines is 1. The van der Waals surface area contributed by atoms with Gasteiger partial charge in [0.1, 0.15) is 23.0 Å². The molecule has 6 rings (SSSR count). The summed E-state index contributed by atoms with van der Waals surface area (Å²) in [6.07, 6.45) is 3.36. The van der Waals surface area contributed by atoms with Crippen molar-refractivity contribution in [1.82, 2.24) is 34.3 Å². The van der Waals surface area contributed by atoms with Crippen molar-refractivity contribution in [2.24, 2.45) is 0 Å². The van der Waals surface area contributed by atoms with E-state index in [2.05, 4.69) is 20.3 Å². The molecule has 0 saturated heterocycles. The van der Waals surface area contributed by atoms with E-state index >= 15 is 0 Å². The van der Waals surface area contributed by atoms with E-state index in [-0.39, 0.29) is 54.1 Å². The number of amides is 3. The van der Waals surface area contributed by atoms with E-state index in [9.17, 15) is 28.4 Å². The summed E-state index contributed by atoms with van der Waals surface area (Å²) < 4.78 is 16.2. The van der Waals surface area contributed by atoms with Crippen molar-refractivity contribution in [2.45, 2.75) is 46.2 Å². The minimum atomic E-state index is -0.558. The fourth-order valence-electron chi connectivity index (χ4n) is 6.13. The highest BCUT2D eigenvalue weighted by Gasteiger charge is 2.25. The summed E-state index contributed by atoms with van der Waals surface area (Å²) in [6.45, 7) is 4.95. The second-order valence-electron chi connectivity index (χ2n) is 12.1. The molecule has 0 spiro atoms. The minimum Gasteiger partial charge on any atom is -0.355 e. The molecule has 258 valence electrons. The van der Waals surface area contributed by atoms with Gasteiger partial charge in [0.15, 0.2) is 5.65 Å². The maximum absolute atomic E-state index is 13.7. The fourth-order valence-corrected chi connectivity index (χ4v) is 6.13. The van der Waals surface area contributed by atoms with Crippen molar-refractivity contribution in [3.63, 3.8) is 0 Å². The van der Waals surface area contributed by atoms with Crippen LogP contribution in [0.3, 0.4) is 0 Å². The first kappa shape index (κ1) is 34.0. The number of hydrogen-bond acceptors (Lipinski definition) is 7. The van der Waals surface area contributed by atoms with Crippen LogP contribution in [0.4, 0.5) is 10.2 Å². The Labute approximate surface area is 286 Å². The average molecular weight is 681 g/mol. The van der Waals surface area contributed by atoms with Crippen molar-refractivity contribution >= 4 is 34.7 Å². The molecule has 3 aromatic heterocycles. The van der Waals surface area contributed by atoms with Gasteiger partial charge in [-0.25, -0.2) is 19.2 Å². The number of pyridine rings is 1. The summed E-state index contributed by atoms with van der Waals surface area (Å²) in [7, 11) is 0. The molecule has 4 heterocycles. The maximum Gasteiger partial charge on any atom is 0.332 e. The van der Waals surface area contributed by atoms with Crippen LogP contribution in [0.15, 0.2) is 76.4 Å². The van der Waals surface area contributed by atoms with Gasteiger partial charge in [0.25, 0.3) is 17.4 Å². The zero-order valence-electron chi connectivity index (χ0n) is 27.8. The van der Waals surface area contributed by atoms with Crippen molar-refractivity contribution in [2.75, 3.05) is 31.1 Å². The first-order valence-electron chi connectivity index (χ1n) is 16.5. The number of fused-ring (bicyclic) bond motifs is 2. The molecule has 0 fully saturated rings. The zero-order valence-corrected chi connectivity index (χ0v) is 27.8. The SMILES string of the molecule is CCCn1c(=O)n(CCNC(C)=O)c(=O)c2[nH]c(-c3ccc(N(CCCN4CCc5ccccc5C4=O)C(=O)c4ccc(F)cc4)nc3)nc21. The molecule has 1 aliphatic heterocycles. The van der Waals surface area contributed by atoms with Crippen LogP contribution in [-0.2, 0) is 24.3 Å². The molecule has 13 nitrogen and oxygen atoms in total. The van der Waals surface area contributed by atoms with Crippen molar-refractivity contribution in [3.05, 3.63) is 110 Å². The van der Waals surface area contributed by atoms with Gasteiger partial charge in [-0.05, 0) is 67.3 Å². The molecule has 5 aromatic rings. The number of aromatic nitrogens is 5. The van der Waals surface area contributed by atoms with Crippen molar-refractivity contribution in [3.8, 4) is 11.4 Å². The van der Waals surface area contributed by atoms with Crippen LogP contribution in [0.5, 0.6) is 0 Å². The lowest BCUT2D eigenvalue weighted by atomic mass is 9.99. The summed E-state index contributed by atoms with van der Waals surface area (Å²) in [5, 5.41) is 2.61. The highest BCUT2D eigenvalue weighted by Crippen LogP contribution is 2.23. The summed E-state index contributed by atoms with van der Waals surface area (Å²) in [5.41, 5.74) is 1.78. The van der Waals surface area contributed by atoms with Gasteiger partial charge in [0, 0.05) is 69.1 Å². The van der Waals surface area contributed by atoms with Crippen LogP contribution >= 0.6 is 0 Å². The molecule has 0 unspecified atom stereocenters. The molecular weight excluding hydrogens is 643 g/mol. The third kappa shape index (κ3) is 6.95. The van der Waals surface area contributed by atoms with E-state index in [1.807, 2.05) is 31.2 Å². The Morgan fingerprint density at radius 2 is 1.76 bits per heavy atom. The van der Waals surface area contributed by atoms with Crippen molar-refractivity contribution in [1.29, 1.82) is 0 Å². The molecule has 14 heteroatoms. The largest absolute Gasteiger partial charge is 0.355 e. The first-order valence-corrected chi connectivity index (χ1v) is 16.5. The quantitative estimate of drug-likeness (QED) is 0.205. The summed E-state index contributed by atoms with van der Waals surface area (Å²) in [5.74, 6) is -0.519. The lowest BCUT2D eigenvalue weighted by molar-refractivity contribution is -0.119. The van der Waals surface area contributed by atoms with Gasteiger partial charge in [-0.2, -0.15) is 0 Å².